The first-order valence-electron chi connectivity index (χ1n) is 7.94. The van der Waals surface area contributed by atoms with Gasteiger partial charge in [-0.05, 0) is 24.3 Å². The lowest BCUT2D eigenvalue weighted by Crippen LogP contribution is -2.17. The zero-order chi connectivity index (χ0) is 20.0. The Kier molecular flexibility index (Phi) is 6.32. The minimum Gasteiger partial charge on any atom is -0.469 e. The van der Waals surface area contributed by atoms with Crippen molar-refractivity contribution in [3.63, 3.8) is 0 Å². The van der Waals surface area contributed by atoms with E-state index in [4.69, 9.17) is 0 Å². The number of rotatable bonds is 7. The highest BCUT2D eigenvalue weighted by Gasteiger charge is 2.23. The monoisotopic (exact) mass is 371 g/mol. The second kappa shape index (κ2) is 8.65. The summed E-state index contributed by atoms with van der Waals surface area (Å²) in [6, 6.07) is 6.67. The van der Waals surface area contributed by atoms with Gasteiger partial charge >= 0.3 is 5.97 Å². The van der Waals surface area contributed by atoms with E-state index in [0.717, 1.165) is 6.07 Å². The van der Waals surface area contributed by atoms with Crippen LogP contribution in [0.4, 0.5) is 11.4 Å². The molecule has 0 bridgehead atoms. The number of nitro groups is 1. The number of pyridine rings is 1. The number of aromatic nitrogens is 1. The average Bonchev–Trinajstić information content (AvgIpc) is 2.67. The summed E-state index contributed by atoms with van der Waals surface area (Å²) in [6.45, 7) is 1.53. The zero-order valence-electron chi connectivity index (χ0n) is 14.7. The van der Waals surface area contributed by atoms with Crippen molar-refractivity contribution in [2.75, 3.05) is 12.4 Å². The van der Waals surface area contributed by atoms with Gasteiger partial charge in [0, 0.05) is 35.5 Å². The average molecular weight is 371 g/mol. The van der Waals surface area contributed by atoms with E-state index in [1.54, 1.807) is 0 Å². The molecule has 1 aromatic heterocycles. The summed E-state index contributed by atoms with van der Waals surface area (Å²) in [4.78, 5) is 50.4. The van der Waals surface area contributed by atoms with Gasteiger partial charge < -0.3 is 10.1 Å². The highest BCUT2D eigenvalue weighted by Crippen LogP contribution is 2.27. The number of nitro benzene ring substituents is 1. The Bertz CT molecular complexity index is 882. The molecular formula is C18H17N3O6. The number of carbonyl (C=O) groups is 3. The SMILES string of the molecule is COC(=O)CC(C)C(=O)c1ccc(NC(=O)c2ccncc2)c([N+](=O)[O-])c1. The third kappa shape index (κ3) is 4.94. The Morgan fingerprint density at radius 2 is 1.85 bits per heavy atom. The van der Waals surface area contributed by atoms with Gasteiger partial charge in [0.1, 0.15) is 5.69 Å². The predicted octanol–water partition coefficient (Wildman–Crippen LogP) is 2.62. The Hall–Kier alpha value is -3.62. The van der Waals surface area contributed by atoms with Crippen LogP contribution in [0.5, 0.6) is 0 Å². The molecule has 1 amide bonds. The Balaban J connectivity index is 2.26. The number of ether oxygens (including phenoxy) is 1. The molecule has 9 nitrogen and oxygen atoms in total. The maximum absolute atomic E-state index is 12.4. The molecule has 0 saturated carbocycles. The van der Waals surface area contributed by atoms with Crippen LogP contribution in [0, 0.1) is 16.0 Å². The fourth-order valence-electron chi connectivity index (χ4n) is 2.35. The van der Waals surface area contributed by atoms with Crippen LogP contribution in [0.25, 0.3) is 0 Å². The van der Waals surface area contributed by atoms with Crippen molar-refractivity contribution in [1.82, 2.24) is 4.98 Å². The minimum absolute atomic E-state index is 0.0426. The fraction of sp³-hybridized carbons (Fsp3) is 0.222. The molecule has 0 radical (unpaired) electrons. The van der Waals surface area contributed by atoms with E-state index >= 15 is 0 Å². The maximum Gasteiger partial charge on any atom is 0.306 e. The number of hydrogen-bond acceptors (Lipinski definition) is 7. The normalized spacial score (nSPS) is 11.3. The van der Waals surface area contributed by atoms with Crippen molar-refractivity contribution in [1.29, 1.82) is 0 Å². The minimum atomic E-state index is -0.700. The van der Waals surface area contributed by atoms with E-state index in [1.165, 1.54) is 50.7 Å². The molecule has 1 aromatic carbocycles. The summed E-state index contributed by atoms with van der Waals surface area (Å²) in [5.41, 5.74) is -0.112. The van der Waals surface area contributed by atoms with E-state index in [1.807, 2.05) is 0 Å². The molecule has 2 rings (SSSR count). The molecule has 1 heterocycles. The molecule has 0 fully saturated rings. The lowest BCUT2D eigenvalue weighted by Gasteiger charge is -2.11. The molecule has 0 aliphatic rings. The van der Waals surface area contributed by atoms with Gasteiger partial charge in [-0.1, -0.05) is 6.92 Å². The van der Waals surface area contributed by atoms with Crippen LogP contribution in [-0.4, -0.2) is 34.7 Å². The molecule has 9 heteroatoms. The number of carbonyl (C=O) groups excluding carboxylic acids is 3. The number of nitrogens with zero attached hydrogens (tertiary/aromatic N) is 2. The molecule has 1 N–H and O–H groups in total. The Morgan fingerprint density at radius 3 is 2.44 bits per heavy atom. The highest BCUT2D eigenvalue weighted by atomic mass is 16.6. The molecule has 2 aromatic rings. The van der Waals surface area contributed by atoms with Gasteiger partial charge in [0.15, 0.2) is 5.78 Å². The van der Waals surface area contributed by atoms with Crippen LogP contribution in [0.2, 0.25) is 0 Å². The van der Waals surface area contributed by atoms with Crippen molar-refractivity contribution in [3.8, 4) is 0 Å². The van der Waals surface area contributed by atoms with E-state index in [2.05, 4.69) is 15.0 Å². The lowest BCUT2D eigenvalue weighted by atomic mass is 9.96. The molecule has 0 aliphatic heterocycles. The smallest absolute Gasteiger partial charge is 0.306 e. The number of nitrogens with one attached hydrogen (secondary N) is 1. The van der Waals surface area contributed by atoms with E-state index in [9.17, 15) is 24.5 Å². The summed E-state index contributed by atoms with van der Waals surface area (Å²) in [5.74, 6) is -2.23. The first kappa shape index (κ1) is 19.7. The largest absolute Gasteiger partial charge is 0.469 e. The van der Waals surface area contributed by atoms with Gasteiger partial charge in [0.2, 0.25) is 0 Å². The molecule has 1 atom stereocenters. The number of anilines is 1. The summed E-state index contributed by atoms with van der Waals surface area (Å²) in [6.07, 6.45) is 2.71. The summed E-state index contributed by atoms with van der Waals surface area (Å²) >= 11 is 0. The van der Waals surface area contributed by atoms with Crippen LogP contribution in [0.1, 0.15) is 34.1 Å². The number of esters is 1. The van der Waals surface area contributed by atoms with Gasteiger partial charge in [0.05, 0.1) is 18.5 Å². The maximum atomic E-state index is 12.4. The molecule has 27 heavy (non-hydrogen) atoms. The van der Waals surface area contributed by atoms with Gasteiger partial charge in [-0.25, -0.2) is 0 Å². The van der Waals surface area contributed by atoms with Crippen molar-refractivity contribution in [2.24, 2.45) is 5.92 Å². The zero-order valence-corrected chi connectivity index (χ0v) is 14.7. The van der Waals surface area contributed by atoms with Crippen molar-refractivity contribution in [3.05, 3.63) is 64.0 Å². The molecule has 0 aliphatic carbocycles. The predicted molar refractivity (Wildman–Crippen MR) is 95.4 cm³/mol. The van der Waals surface area contributed by atoms with Crippen molar-refractivity contribution < 1.29 is 24.0 Å². The standard InChI is InChI=1S/C18H17N3O6/c1-11(9-16(22)27-2)17(23)13-3-4-14(15(10-13)21(25)26)20-18(24)12-5-7-19-8-6-12/h3-8,10-11H,9H2,1-2H3,(H,20,24). The summed E-state index contributed by atoms with van der Waals surface area (Å²) < 4.78 is 4.52. The van der Waals surface area contributed by atoms with Crippen LogP contribution in [0.15, 0.2) is 42.7 Å². The molecular weight excluding hydrogens is 354 g/mol. The second-order valence-electron chi connectivity index (χ2n) is 5.72. The number of hydrogen-bond donors (Lipinski definition) is 1. The summed E-state index contributed by atoms with van der Waals surface area (Å²) in [7, 11) is 1.21. The summed E-state index contributed by atoms with van der Waals surface area (Å²) in [5, 5.41) is 13.8. The topological polar surface area (TPSA) is 128 Å². The van der Waals surface area contributed by atoms with Gasteiger partial charge in [0.25, 0.3) is 11.6 Å². The first-order chi connectivity index (χ1) is 12.8. The van der Waals surface area contributed by atoms with Crippen LogP contribution in [-0.2, 0) is 9.53 Å². The van der Waals surface area contributed by atoms with Gasteiger partial charge in [-0.3, -0.25) is 29.5 Å². The molecule has 140 valence electrons. The highest BCUT2D eigenvalue weighted by molar-refractivity contribution is 6.06. The number of amides is 1. The number of ketones is 1. The second-order valence-corrected chi connectivity index (χ2v) is 5.72. The number of benzene rings is 1. The van der Waals surface area contributed by atoms with E-state index in [0.29, 0.717) is 0 Å². The van der Waals surface area contributed by atoms with Crippen molar-refractivity contribution >= 4 is 29.0 Å². The quantitative estimate of drug-likeness (QED) is 0.343. The third-order valence-electron chi connectivity index (χ3n) is 3.82. The number of Topliss-reactive ketones (excluding diaryl/α,β-unsaturated/α-hetero) is 1. The lowest BCUT2D eigenvalue weighted by molar-refractivity contribution is -0.383. The third-order valence-corrected chi connectivity index (χ3v) is 3.82. The molecule has 0 spiro atoms. The molecule has 1 unspecified atom stereocenters. The molecule has 0 saturated heterocycles. The Labute approximate surface area is 154 Å². The van der Waals surface area contributed by atoms with Crippen molar-refractivity contribution in [2.45, 2.75) is 13.3 Å². The Morgan fingerprint density at radius 1 is 1.19 bits per heavy atom. The van der Waals surface area contributed by atoms with Gasteiger partial charge in [-0.2, -0.15) is 0 Å². The van der Waals surface area contributed by atoms with Crippen LogP contribution >= 0.6 is 0 Å². The van der Waals surface area contributed by atoms with E-state index in [-0.39, 0.29) is 23.2 Å². The van der Waals surface area contributed by atoms with Gasteiger partial charge in [-0.15, -0.1) is 0 Å². The fourth-order valence-corrected chi connectivity index (χ4v) is 2.35. The first-order valence-corrected chi connectivity index (χ1v) is 7.94. The van der Waals surface area contributed by atoms with E-state index < -0.39 is 34.2 Å². The van der Waals surface area contributed by atoms with Crippen LogP contribution in [0.3, 0.4) is 0 Å². The van der Waals surface area contributed by atoms with Crippen LogP contribution < -0.4 is 5.32 Å². The number of methoxy groups -OCH3 is 1.